The Morgan fingerprint density at radius 1 is 1.27 bits per heavy atom. The Labute approximate surface area is 202 Å². The number of esters is 1. The summed E-state index contributed by atoms with van der Waals surface area (Å²) in [5.41, 5.74) is 2.44. The van der Waals surface area contributed by atoms with Crippen molar-refractivity contribution in [1.29, 1.82) is 0 Å². The van der Waals surface area contributed by atoms with E-state index in [0.29, 0.717) is 49.3 Å². The minimum absolute atomic E-state index is 0.0383. The Bertz CT molecular complexity index is 1330. The summed E-state index contributed by atoms with van der Waals surface area (Å²) in [6.07, 6.45) is 0.0733. The average molecular weight is 504 g/mol. The van der Waals surface area contributed by atoms with E-state index in [0.717, 1.165) is 0 Å². The molecule has 2 aliphatic heterocycles. The van der Waals surface area contributed by atoms with Gasteiger partial charge in [-0.3, -0.25) is 9.59 Å². The van der Waals surface area contributed by atoms with E-state index in [1.54, 1.807) is 35.0 Å². The van der Waals surface area contributed by atoms with Crippen LogP contribution in [0.5, 0.6) is 5.75 Å². The smallest absolute Gasteiger partial charge is 0.307 e. The molecule has 168 valence electrons. The molecule has 3 aromatic rings. The summed E-state index contributed by atoms with van der Waals surface area (Å²) < 4.78 is 11.9. The zero-order valence-electron chi connectivity index (χ0n) is 17.0. The molecular weight excluding hydrogens is 489 g/mol. The van der Waals surface area contributed by atoms with Crippen LogP contribution >= 0.6 is 35.0 Å². The lowest BCUT2D eigenvalue weighted by Crippen LogP contribution is -2.29. The summed E-state index contributed by atoms with van der Waals surface area (Å²) in [6, 6.07) is 10.4. The van der Waals surface area contributed by atoms with Gasteiger partial charge in [0.05, 0.1) is 35.2 Å². The van der Waals surface area contributed by atoms with Crippen LogP contribution in [-0.2, 0) is 14.3 Å². The van der Waals surface area contributed by atoms with Gasteiger partial charge in [-0.2, -0.15) is 9.78 Å². The minimum atomic E-state index is -0.388. The van der Waals surface area contributed by atoms with Crippen molar-refractivity contribution in [1.82, 2.24) is 14.9 Å². The number of ether oxygens (including phenoxy) is 2. The van der Waals surface area contributed by atoms with Crippen LogP contribution in [0.15, 0.2) is 46.7 Å². The number of methoxy groups -OCH3 is 1. The number of rotatable bonds is 4. The lowest BCUT2D eigenvalue weighted by molar-refractivity contribution is -0.140. The molecule has 0 bridgehead atoms. The predicted octanol–water partition coefficient (Wildman–Crippen LogP) is 3.87. The van der Waals surface area contributed by atoms with E-state index in [-0.39, 0.29) is 30.2 Å². The zero-order valence-corrected chi connectivity index (χ0v) is 19.4. The van der Waals surface area contributed by atoms with Crippen molar-refractivity contribution in [2.75, 3.05) is 19.0 Å². The molecule has 33 heavy (non-hydrogen) atoms. The lowest BCUT2D eigenvalue weighted by atomic mass is 10.0. The van der Waals surface area contributed by atoms with Gasteiger partial charge in [-0.15, -0.1) is 10.2 Å². The molecule has 12 heteroatoms. The van der Waals surface area contributed by atoms with E-state index < -0.39 is 0 Å². The summed E-state index contributed by atoms with van der Waals surface area (Å²) >= 11 is 13.8. The van der Waals surface area contributed by atoms with Crippen LogP contribution in [0.2, 0.25) is 10.0 Å². The fourth-order valence-corrected chi connectivity index (χ4v) is 5.06. The number of thioether (sulfide) groups is 1. The molecular formula is C21H15Cl2N5O4S. The van der Waals surface area contributed by atoms with Crippen LogP contribution in [0.1, 0.15) is 12.0 Å². The second-order valence-electron chi connectivity index (χ2n) is 7.16. The van der Waals surface area contributed by atoms with Gasteiger partial charge in [0, 0.05) is 16.1 Å². The Kier molecular flexibility index (Phi) is 5.73. The van der Waals surface area contributed by atoms with E-state index in [1.165, 1.54) is 18.9 Å². The highest BCUT2D eigenvalue weighted by Gasteiger charge is 2.32. The quantitative estimate of drug-likeness (QED) is 0.538. The highest BCUT2D eigenvalue weighted by Crippen LogP contribution is 2.38. The van der Waals surface area contributed by atoms with Gasteiger partial charge in [-0.05, 0) is 36.4 Å². The first-order valence-electron chi connectivity index (χ1n) is 9.73. The first-order chi connectivity index (χ1) is 15.9. The highest BCUT2D eigenvalue weighted by molar-refractivity contribution is 8.00. The van der Waals surface area contributed by atoms with E-state index in [9.17, 15) is 9.59 Å². The first-order valence-corrected chi connectivity index (χ1v) is 11.4. The van der Waals surface area contributed by atoms with Crippen LogP contribution < -0.4 is 10.1 Å². The minimum Gasteiger partial charge on any atom is -0.482 e. The normalized spacial score (nSPS) is 16.8. The van der Waals surface area contributed by atoms with E-state index in [4.69, 9.17) is 37.8 Å². The van der Waals surface area contributed by atoms with Crippen molar-refractivity contribution in [3.05, 3.63) is 52.0 Å². The van der Waals surface area contributed by atoms with E-state index in [2.05, 4.69) is 15.5 Å². The number of amides is 1. The molecule has 2 aliphatic rings. The maximum absolute atomic E-state index is 12.1. The number of hydrogen-bond donors (Lipinski definition) is 1. The average Bonchev–Trinajstić information content (AvgIpc) is 3.20. The van der Waals surface area contributed by atoms with Crippen molar-refractivity contribution in [2.24, 2.45) is 5.10 Å². The molecule has 1 amide bonds. The lowest BCUT2D eigenvalue weighted by Gasteiger charge is -2.24. The van der Waals surface area contributed by atoms with Crippen LogP contribution in [0.4, 0.5) is 5.69 Å². The van der Waals surface area contributed by atoms with Crippen molar-refractivity contribution < 1.29 is 19.1 Å². The molecule has 0 saturated carbocycles. The molecule has 1 N–H and O–H groups in total. The second kappa shape index (κ2) is 8.69. The molecule has 9 nitrogen and oxygen atoms in total. The number of hydrogen-bond acceptors (Lipinski definition) is 8. The Hall–Kier alpha value is -3.08. The fourth-order valence-electron chi connectivity index (χ4n) is 3.48. The number of benzene rings is 2. The summed E-state index contributed by atoms with van der Waals surface area (Å²) in [4.78, 5) is 23.9. The monoisotopic (exact) mass is 503 g/mol. The van der Waals surface area contributed by atoms with Crippen molar-refractivity contribution in [3.63, 3.8) is 0 Å². The Morgan fingerprint density at radius 2 is 2.12 bits per heavy atom. The fraction of sp³-hybridized carbons (Fsp3) is 0.190. The third-order valence-electron chi connectivity index (χ3n) is 5.03. The molecule has 0 spiro atoms. The summed E-state index contributed by atoms with van der Waals surface area (Å²) in [5.74, 6) is 0.364. The second-order valence-corrected chi connectivity index (χ2v) is 9.18. The van der Waals surface area contributed by atoms with Gasteiger partial charge >= 0.3 is 5.97 Å². The largest absolute Gasteiger partial charge is 0.482 e. The van der Waals surface area contributed by atoms with Crippen LogP contribution in [0.3, 0.4) is 0 Å². The first kappa shape index (κ1) is 21.7. The number of nitrogens with one attached hydrogen (secondary N) is 1. The van der Waals surface area contributed by atoms with Crippen molar-refractivity contribution in [3.8, 4) is 17.1 Å². The number of fused-ring (bicyclic) bond motifs is 2. The van der Waals surface area contributed by atoms with Gasteiger partial charge in [-0.1, -0.05) is 35.0 Å². The molecule has 1 unspecified atom stereocenters. The highest BCUT2D eigenvalue weighted by atomic mass is 35.5. The summed E-state index contributed by atoms with van der Waals surface area (Å²) in [6.45, 7) is -0.0383. The number of anilines is 1. The summed E-state index contributed by atoms with van der Waals surface area (Å²) in [5, 5.41) is 17.1. The van der Waals surface area contributed by atoms with Gasteiger partial charge in [0.1, 0.15) is 5.75 Å². The van der Waals surface area contributed by atoms with Gasteiger partial charge in [0.15, 0.2) is 12.4 Å². The number of carbonyl (C=O) groups is 2. The SMILES string of the molecule is COC(=O)CC1Sc2nnc(-c3ccc(Cl)cc3Cl)n2N=C1c1ccc2c(c1)NC(=O)CO2. The number of halogens is 2. The third kappa shape index (κ3) is 4.17. The van der Waals surface area contributed by atoms with E-state index >= 15 is 0 Å². The molecule has 5 rings (SSSR count). The number of carbonyl (C=O) groups excluding carboxylic acids is 2. The maximum atomic E-state index is 12.1. The molecule has 2 aromatic carbocycles. The van der Waals surface area contributed by atoms with Crippen LogP contribution in [0.25, 0.3) is 11.4 Å². The van der Waals surface area contributed by atoms with E-state index in [1.807, 2.05) is 6.07 Å². The number of aromatic nitrogens is 3. The van der Waals surface area contributed by atoms with Gasteiger partial charge < -0.3 is 14.8 Å². The standard InChI is InChI=1S/C21H15Cl2N5O4S/c1-31-18(30)8-16-19(10-2-5-15-14(6-10)24-17(29)9-32-15)27-28-20(25-26-21(28)33-16)12-4-3-11(22)7-13(12)23/h2-7,16H,8-9H2,1H3,(H,24,29). The Morgan fingerprint density at radius 3 is 2.91 bits per heavy atom. The van der Waals surface area contributed by atoms with Crippen LogP contribution in [-0.4, -0.2) is 51.4 Å². The predicted molar refractivity (Wildman–Crippen MR) is 124 cm³/mol. The molecule has 0 fully saturated rings. The van der Waals surface area contributed by atoms with Crippen LogP contribution in [0, 0.1) is 0 Å². The van der Waals surface area contributed by atoms with Crippen molar-refractivity contribution >= 4 is 58.2 Å². The topological polar surface area (TPSA) is 108 Å². The Balaban J connectivity index is 1.62. The molecule has 3 heterocycles. The molecule has 0 aliphatic carbocycles. The third-order valence-corrected chi connectivity index (χ3v) is 6.72. The number of nitrogens with zero attached hydrogens (tertiary/aromatic N) is 4. The molecule has 1 atom stereocenters. The van der Waals surface area contributed by atoms with Gasteiger partial charge in [0.25, 0.3) is 5.91 Å². The zero-order chi connectivity index (χ0) is 23.1. The maximum Gasteiger partial charge on any atom is 0.307 e. The van der Waals surface area contributed by atoms with Gasteiger partial charge in [0.2, 0.25) is 5.16 Å². The molecule has 1 aromatic heterocycles. The molecule has 0 saturated heterocycles. The summed E-state index contributed by atoms with van der Waals surface area (Å²) in [7, 11) is 1.33. The molecule has 0 radical (unpaired) electrons. The van der Waals surface area contributed by atoms with Crippen molar-refractivity contribution in [2.45, 2.75) is 16.8 Å². The van der Waals surface area contributed by atoms with Gasteiger partial charge in [-0.25, -0.2) is 0 Å².